The fourth-order valence-corrected chi connectivity index (χ4v) is 22.7. The number of thiophene rings is 2. The molecule has 0 spiro atoms. The summed E-state index contributed by atoms with van der Waals surface area (Å²) in [5, 5.41) is 27.8. The predicted octanol–water partition coefficient (Wildman–Crippen LogP) is 33.1. The van der Waals surface area contributed by atoms with Gasteiger partial charge in [-0.1, -0.05) is 322 Å². The lowest BCUT2D eigenvalue weighted by molar-refractivity contribution is 1.09. The third kappa shape index (κ3) is 11.3. The van der Waals surface area contributed by atoms with Crippen molar-refractivity contribution in [1.82, 2.24) is 23.7 Å². The highest BCUT2D eigenvalue weighted by atomic mass is 32.1. The molecule has 7 heteroatoms. The highest BCUT2D eigenvalue weighted by Gasteiger charge is 2.25. The Hall–Kier alpha value is -15.9. The molecule has 0 fully saturated rings. The summed E-state index contributed by atoms with van der Waals surface area (Å²) < 4.78 is 12.0. The monoisotopic (exact) mass is 1620 g/mol. The van der Waals surface area contributed by atoms with Gasteiger partial charge in [-0.2, -0.15) is 0 Å². The van der Waals surface area contributed by atoms with Crippen molar-refractivity contribution >= 4 is 193 Å². The smallest absolute Gasteiger partial charge is 0.139 e. The summed E-state index contributed by atoms with van der Waals surface area (Å²) in [7, 11) is 0. The van der Waals surface area contributed by atoms with Crippen LogP contribution in [0, 0.1) is 0 Å². The minimum atomic E-state index is 0.904. The Balaban J connectivity index is 0.000000136. The van der Waals surface area contributed by atoms with E-state index in [1.165, 1.54) is 193 Å². The van der Waals surface area contributed by atoms with E-state index >= 15 is 0 Å². The average molecular weight is 1620 g/mol. The van der Waals surface area contributed by atoms with Gasteiger partial charge in [0.05, 0.1) is 53.9 Å². The molecule has 125 heavy (non-hydrogen) atoms. The van der Waals surface area contributed by atoms with Crippen LogP contribution in [0.4, 0.5) is 0 Å². The molecule has 27 rings (SSSR count). The third-order valence-corrected chi connectivity index (χ3v) is 28.4. The summed E-state index contributed by atoms with van der Waals surface area (Å²) in [6.07, 6.45) is 0. The number of fused-ring (bicyclic) bond motifs is 27. The van der Waals surface area contributed by atoms with Gasteiger partial charge < -0.3 is 4.57 Å². The summed E-state index contributed by atoms with van der Waals surface area (Å²) in [6.45, 7) is 0. The van der Waals surface area contributed by atoms with Crippen LogP contribution >= 0.6 is 22.7 Å². The first-order chi connectivity index (χ1) is 62.0. The maximum Gasteiger partial charge on any atom is 0.139 e. The minimum Gasteiger partial charge on any atom is -0.309 e. The Morgan fingerprint density at radius 3 is 0.776 bits per heavy atom. The van der Waals surface area contributed by atoms with Crippen LogP contribution in [-0.2, 0) is 0 Å². The molecule has 20 aromatic carbocycles. The van der Waals surface area contributed by atoms with Crippen molar-refractivity contribution in [3.05, 3.63) is 431 Å². The van der Waals surface area contributed by atoms with E-state index in [0.717, 1.165) is 61.9 Å². The lowest BCUT2D eigenvalue weighted by Crippen LogP contribution is -1.99. The number of hydrogen-bond acceptors (Lipinski definition) is 4. The Bertz CT molecular complexity index is 9020. The van der Waals surface area contributed by atoms with Crippen LogP contribution in [0.3, 0.4) is 0 Å². The van der Waals surface area contributed by atoms with Crippen LogP contribution in [0.2, 0.25) is 0 Å². The Morgan fingerprint density at radius 2 is 0.416 bits per heavy atom. The third-order valence-electron chi connectivity index (χ3n) is 26.1. The molecule has 0 bridgehead atoms. The largest absolute Gasteiger partial charge is 0.309 e. The lowest BCUT2D eigenvalue weighted by Gasteiger charge is -2.13. The molecule has 580 valence electrons. The van der Waals surface area contributed by atoms with Gasteiger partial charge in [0.2, 0.25) is 0 Å². The van der Waals surface area contributed by atoms with Crippen molar-refractivity contribution in [1.29, 1.82) is 0 Å². The predicted molar refractivity (Wildman–Crippen MR) is 535 cm³/mol. The van der Waals surface area contributed by atoms with E-state index in [-0.39, 0.29) is 0 Å². The zero-order valence-corrected chi connectivity index (χ0v) is 69.2. The van der Waals surface area contributed by atoms with Gasteiger partial charge in [0, 0.05) is 80.1 Å². The zero-order valence-electron chi connectivity index (χ0n) is 67.5. The summed E-state index contributed by atoms with van der Waals surface area (Å²) in [5.41, 5.74) is 22.0. The second-order valence-corrected chi connectivity index (χ2v) is 35.0. The number of pyridine rings is 2. The SMILES string of the molecule is c1ccc(-c2nc(-n3c4ccccc4c4cc(-n5c6ccccc6c6ccccc65)ccc43)cc3c2sc2ccc(-c4cccc(-c5ccc6c7ccccc7c7ccccc7c6c5)c4)cc23)cc1.c1ccc(-c2nc(-n3c4ccccc4c4ccccc43)cc3c2sc2ccc(-c4cccc(-c5ccc6c7ccccc7c7ccccc7c6c5)c4)cc23)cc1. The van der Waals surface area contributed by atoms with Crippen LogP contribution in [0.15, 0.2) is 431 Å². The molecule has 0 aliphatic heterocycles. The minimum absolute atomic E-state index is 0.904. The van der Waals surface area contributed by atoms with Crippen LogP contribution < -0.4 is 0 Å². The molecule has 0 radical (unpaired) electrons. The highest BCUT2D eigenvalue weighted by Crippen LogP contribution is 2.49. The van der Waals surface area contributed by atoms with Crippen molar-refractivity contribution in [2.45, 2.75) is 0 Å². The van der Waals surface area contributed by atoms with Gasteiger partial charge in [0.15, 0.2) is 0 Å². The van der Waals surface area contributed by atoms with E-state index in [1.807, 2.05) is 22.7 Å². The van der Waals surface area contributed by atoms with E-state index < -0.39 is 0 Å². The van der Waals surface area contributed by atoms with Crippen LogP contribution in [0.5, 0.6) is 0 Å². The number of benzene rings is 20. The Kier molecular flexibility index (Phi) is 16.1. The Labute approximate surface area is 726 Å². The van der Waals surface area contributed by atoms with Crippen LogP contribution in [-0.4, -0.2) is 23.7 Å². The van der Waals surface area contributed by atoms with E-state index in [4.69, 9.17) is 9.97 Å². The van der Waals surface area contributed by atoms with Crippen LogP contribution in [0.25, 0.3) is 255 Å². The molecule has 7 heterocycles. The van der Waals surface area contributed by atoms with Gasteiger partial charge in [-0.3, -0.25) is 9.13 Å². The molecule has 0 saturated heterocycles. The van der Waals surface area contributed by atoms with Crippen LogP contribution in [0.1, 0.15) is 0 Å². The van der Waals surface area contributed by atoms with E-state index in [1.54, 1.807) is 0 Å². The quantitative estimate of drug-likeness (QED) is 0.135. The number of nitrogens with zero attached hydrogens (tertiary/aromatic N) is 5. The standard InChI is InChI=1S/C65H39N3S.C53H32N2S/c1-2-15-40(16-3-1)64-65-57(39-63(66-64)68-60-28-13-10-25-53(60)55-38-45(31-33-61(55)68)67-58-26-11-8-23-51(58)52-24-9-12-27-59(52)67)56-37-44(30-34-62(56)69-65)42-18-14-17-41(35-42)43-29-32-50-48-21-5-4-19-46(48)47-20-6-7-22-49(47)54(50)36-43;1-2-13-33(14-3-1)52-53-47(32-51(54-52)55-48-23-10-8-21-43(48)44-22-9-11-24-49(44)55)46-31-37(26-28-50(46)56-53)35-16-12-15-34(29-35)36-25-27-42-40-19-5-4-17-38(40)39-18-6-7-20-41(39)45(42)30-36/h1-39H;1-32H. The van der Waals surface area contributed by atoms with Gasteiger partial charge in [0.25, 0.3) is 0 Å². The first-order valence-corrected chi connectivity index (χ1v) is 44.4. The molecule has 0 atom stereocenters. The molecule has 5 nitrogen and oxygen atoms in total. The molecule has 27 aromatic rings. The van der Waals surface area contributed by atoms with Crippen molar-refractivity contribution in [2.24, 2.45) is 0 Å². The first kappa shape index (κ1) is 70.9. The van der Waals surface area contributed by atoms with E-state index in [2.05, 4.69) is 444 Å². The molecular weight excluding hydrogens is 1550 g/mol. The maximum atomic E-state index is 5.61. The molecule has 0 amide bonds. The summed E-state index contributed by atoms with van der Waals surface area (Å²) in [5.74, 6) is 1.83. The fraction of sp³-hybridized carbons (Fsp3) is 0. The summed E-state index contributed by atoms with van der Waals surface area (Å²) in [6, 6.07) is 158. The first-order valence-electron chi connectivity index (χ1n) is 42.7. The van der Waals surface area contributed by atoms with Gasteiger partial charge in [-0.25, -0.2) is 9.97 Å². The van der Waals surface area contributed by atoms with Crippen molar-refractivity contribution in [3.63, 3.8) is 0 Å². The lowest BCUT2D eigenvalue weighted by atomic mass is 9.91. The molecule has 0 saturated carbocycles. The number of rotatable bonds is 9. The van der Waals surface area contributed by atoms with Crippen molar-refractivity contribution in [3.8, 4) is 84.3 Å². The van der Waals surface area contributed by atoms with Gasteiger partial charge in [-0.15, -0.1) is 22.7 Å². The molecular formula is C118H71N5S2. The molecule has 0 unspecified atom stereocenters. The van der Waals surface area contributed by atoms with Gasteiger partial charge in [-0.05, 0) is 218 Å². The van der Waals surface area contributed by atoms with Crippen molar-refractivity contribution in [2.75, 3.05) is 0 Å². The van der Waals surface area contributed by atoms with Gasteiger partial charge >= 0.3 is 0 Å². The fourth-order valence-electron chi connectivity index (χ4n) is 20.3. The molecule has 7 aromatic heterocycles. The average Bonchev–Trinajstić information content (AvgIpc) is 1.70. The maximum absolute atomic E-state index is 5.61. The van der Waals surface area contributed by atoms with E-state index in [9.17, 15) is 0 Å². The molecule has 0 N–H and O–H groups in total. The number of hydrogen-bond donors (Lipinski definition) is 0. The highest BCUT2D eigenvalue weighted by molar-refractivity contribution is 7.26. The van der Waals surface area contributed by atoms with E-state index in [0.29, 0.717) is 0 Å². The summed E-state index contributed by atoms with van der Waals surface area (Å²) in [4.78, 5) is 11.1. The van der Waals surface area contributed by atoms with Gasteiger partial charge in [0.1, 0.15) is 11.6 Å². The molecule has 0 aliphatic carbocycles. The zero-order chi connectivity index (χ0) is 81.9. The second kappa shape index (κ2) is 28.4. The Morgan fingerprint density at radius 1 is 0.152 bits per heavy atom. The summed E-state index contributed by atoms with van der Waals surface area (Å²) >= 11 is 3.66. The number of para-hydroxylation sites is 5. The molecule has 0 aliphatic rings. The normalized spacial score (nSPS) is 12.0. The second-order valence-electron chi connectivity index (χ2n) is 32.9. The number of aromatic nitrogens is 5. The van der Waals surface area contributed by atoms with Crippen molar-refractivity contribution < 1.29 is 0 Å². The topological polar surface area (TPSA) is 40.6 Å².